The first-order chi connectivity index (χ1) is 14.6. The Morgan fingerprint density at radius 1 is 1.10 bits per heavy atom. The van der Waals surface area contributed by atoms with Crippen LogP contribution in [0.1, 0.15) is 72.6 Å². The Bertz CT molecular complexity index is 862. The molecule has 0 radical (unpaired) electrons. The molecule has 5 rings (SSSR count). The van der Waals surface area contributed by atoms with Gasteiger partial charge in [0.05, 0.1) is 6.10 Å². The molecule has 0 aromatic carbocycles. The zero-order valence-corrected chi connectivity index (χ0v) is 19.1. The normalized spacial score (nSPS) is 47.1. The number of carbonyl (C=O) groups excluding carboxylic acids is 3. The third-order valence-electron chi connectivity index (χ3n) is 9.64. The van der Waals surface area contributed by atoms with E-state index in [1.807, 2.05) is 0 Å². The van der Waals surface area contributed by atoms with Crippen LogP contribution in [0, 0.1) is 28.6 Å². The summed E-state index contributed by atoms with van der Waals surface area (Å²) in [6.45, 7) is 7.31. The molecule has 31 heavy (non-hydrogen) atoms. The van der Waals surface area contributed by atoms with Gasteiger partial charge in [0.1, 0.15) is 6.10 Å². The van der Waals surface area contributed by atoms with Gasteiger partial charge in [-0.15, -0.1) is 0 Å². The largest absolute Gasteiger partial charge is 0.462 e. The minimum absolute atomic E-state index is 0.0110. The highest BCUT2D eigenvalue weighted by Gasteiger charge is 2.80. The Morgan fingerprint density at radius 3 is 2.58 bits per heavy atom. The average Bonchev–Trinajstić information content (AvgIpc) is 3.38. The van der Waals surface area contributed by atoms with Crippen LogP contribution in [0.5, 0.6) is 0 Å². The quantitative estimate of drug-likeness (QED) is 0.384. The Morgan fingerprint density at radius 2 is 1.87 bits per heavy atom. The lowest BCUT2D eigenvalue weighted by Gasteiger charge is -2.58. The van der Waals surface area contributed by atoms with Gasteiger partial charge in [-0.1, -0.05) is 25.5 Å². The van der Waals surface area contributed by atoms with Gasteiger partial charge in [0.15, 0.2) is 12.2 Å². The topological polar surface area (TPSA) is 82.2 Å². The molecule has 0 aromatic rings. The lowest BCUT2D eigenvalue weighted by atomic mass is 9.47. The average molecular weight is 431 g/mol. The minimum atomic E-state index is -0.754. The van der Waals surface area contributed by atoms with Crippen LogP contribution in [-0.2, 0) is 28.6 Å². The summed E-state index contributed by atoms with van der Waals surface area (Å²) in [4.78, 5) is 35.8. The summed E-state index contributed by atoms with van der Waals surface area (Å²) in [5, 5.41) is 0. The number of esters is 2. The number of Topliss-reactive ketones (excluding diaryl/α,β-unsaturated/α-hetero) is 1. The van der Waals surface area contributed by atoms with E-state index in [9.17, 15) is 14.4 Å². The van der Waals surface area contributed by atoms with E-state index < -0.39 is 11.6 Å². The lowest BCUT2D eigenvalue weighted by molar-refractivity contribution is -0.153. The molecule has 4 aliphatic carbocycles. The summed E-state index contributed by atoms with van der Waals surface area (Å²) in [7, 11) is 0. The van der Waals surface area contributed by atoms with Crippen molar-refractivity contribution in [3.8, 4) is 0 Å². The Hall–Kier alpha value is -1.69. The van der Waals surface area contributed by atoms with E-state index in [0.717, 1.165) is 44.9 Å². The maximum absolute atomic E-state index is 13.1. The molecule has 0 bridgehead atoms. The number of epoxide rings is 1. The Kier molecular flexibility index (Phi) is 4.71. The monoisotopic (exact) mass is 430 g/mol. The fourth-order valence-electron chi connectivity index (χ4n) is 8.15. The summed E-state index contributed by atoms with van der Waals surface area (Å²) in [5.41, 5.74) is 0.682. The fraction of sp³-hybridized carbons (Fsp3) is 0.800. The Labute approximate surface area is 184 Å². The molecule has 1 aliphatic heterocycles. The highest BCUT2D eigenvalue weighted by molar-refractivity contribution is 5.94. The lowest BCUT2D eigenvalue weighted by Crippen LogP contribution is -2.55. The van der Waals surface area contributed by atoms with Gasteiger partial charge in [0.25, 0.3) is 0 Å². The second-order valence-electron chi connectivity index (χ2n) is 11.0. The van der Waals surface area contributed by atoms with Gasteiger partial charge >= 0.3 is 11.9 Å². The SMILES string of the molecule is CC(=O)OCC(=O)[C@@]12O[C@@H]1C[C@H]1[C@@H]3CC=C4C[C@@H](OC(C)=O)CC[C@]4(C)[C@H]3CC[C@@]12C. The third-order valence-corrected chi connectivity index (χ3v) is 9.64. The maximum Gasteiger partial charge on any atom is 0.303 e. The van der Waals surface area contributed by atoms with Crippen molar-refractivity contribution in [2.75, 3.05) is 6.61 Å². The second-order valence-corrected chi connectivity index (χ2v) is 11.0. The number of allylic oxidation sites excluding steroid dienone is 1. The number of hydrogen-bond acceptors (Lipinski definition) is 6. The number of carbonyl (C=O) groups is 3. The molecule has 1 heterocycles. The van der Waals surface area contributed by atoms with Gasteiger partial charge in [0.2, 0.25) is 5.78 Å². The van der Waals surface area contributed by atoms with Crippen LogP contribution in [0.2, 0.25) is 0 Å². The van der Waals surface area contributed by atoms with Crippen molar-refractivity contribution < 1.29 is 28.6 Å². The molecule has 170 valence electrons. The van der Waals surface area contributed by atoms with Crippen molar-refractivity contribution in [3.05, 3.63) is 11.6 Å². The van der Waals surface area contributed by atoms with Crippen molar-refractivity contribution in [3.63, 3.8) is 0 Å². The predicted molar refractivity (Wildman–Crippen MR) is 112 cm³/mol. The summed E-state index contributed by atoms with van der Waals surface area (Å²) in [6.07, 6.45) is 9.26. The molecule has 0 aromatic heterocycles. The summed E-state index contributed by atoms with van der Waals surface area (Å²) in [5.74, 6) is 0.927. The highest BCUT2D eigenvalue weighted by atomic mass is 16.6. The van der Waals surface area contributed by atoms with E-state index in [1.54, 1.807) is 0 Å². The maximum atomic E-state index is 13.1. The van der Waals surface area contributed by atoms with Gasteiger partial charge in [-0.2, -0.15) is 0 Å². The molecule has 0 unspecified atom stereocenters. The second kappa shape index (κ2) is 6.90. The molecule has 0 spiro atoms. The zero-order valence-electron chi connectivity index (χ0n) is 19.1. The van der Waals surface area contributed by atoms with Crippen LogP contribution in [0.15, 0.2) is 11.6 Å². The van der Waals surface area contributed by atoms with Crippen molar-refractivity contribution >= 4 is 17.7 Å². The predicted octanol–water partition coefficient (Wildman–Crippen LogP) is 3.76. The van der Waals surface area contributed by atoms with Crippen LogP contribution in [0.25, 0.3) is 0 Å². The first-order valence-corrected chi connectivity index (χ1v) is 11.8. The number of ether oxygens (including phenoxy) is 3. The third kappa shape index (κ3) is 2.89. The molecule has 8 atom stereocenters. The smallest absolute Gasteiger partial charge is 0.303 e. The summed E-state index contributed by atoms with van der Waals surface area (Å²) >= 11 is 0. The molecule has 1 saturated heterocycles. The first kappa shape index (κ1) is 21.2. The van der Waals surface area contributed by atoms with Gasteiger partial charge < -0.3 is 14.2 Å². The standard InChI is InChI=1S/C25H34O6/c1-14(26)29-13-21(28)25-22(31-25)12-20-18-6-5-16-11-17(30-15(2)27)7-9-23(16,3)19(18)8-10-24(20,25)4/h5,17-20,22H,6-13H2,1-4H3/t17-,18+,19-,20-,22+,23-,24-,25+/m0/s1. The zero-order chi connectivity index (χ0) is 22.2. The fourth-order valence-corrected chi connectivity index (χ4v) is 8.15. The number of hydrogen-bond donors (Lipinski definition) is 0. The van der Waals surface area contributed by atoms with Crippen LogP contribution >= 0.6 is 0 Å². The molecule has 0 amide bonds. The van der Waals surface area contributed by atoms with Crippen LogP contribution in [-0.4, -0.2) is 42.1 Å². The van der Waals surface area contributed by atoms with Crippen LogP contribution in [0.3, 0.4) is 0 Å². The highest BCUT2D eigenvalue weighted by Crippen LogP contribution is 2.73. The van der Waals surface area contributed by atoms with E-state index in [4.69, 9.17) is 14.2 Å². The molecular weight excluding hydrogens is 396 g/mol. The van der Waals surface area contributed by atoms with E-state index in [1.165, 1.54) is 19.4 Å². The van der Waals surface area contributed by atoms with Crippen LogP contribution in [0.4, 0.5) is 0 Å². The molecule has 5 aliphatic rings. The van der Waals surface area contributed by atoms with Crippen LogP contribution < -0.4 is 0 Å². The van der Waals surface area contributed by atoms with Crippen molar-refractivity contribution in [2.45, 2.75) is 90.4 Å². The van der Waals surface area contributed by atoms with E-state index >= 15 is 0 Å². The number of fused-ring (bicyclic) bond motifs is 7. The summed E-state index contributed by atoms with van der Waals surface area (Å²) < 4.78 is 16.7. The molecule has 6 nitrogen and oxygen atoms in total. The summed E-state index contributed by atoms with van der Waals surface area (Å²) in [6, 6.07) is 0. The van der Waals surface area contributed by atoms with Gasteiger partial charge in [-0.25, -0.2) is 0 Å². The van der Waals surface area contributed by atoms with Gasteiger partial charge in [-0.3, -0.25) is 14.4 Å². The van der Waals surface area contributed by atoms with Gasteiger partial charge in [0, 0.05) is 25.7 Å². The van der Waals surface area contributed by atoms with E-state index in [2.05, 4.69) is 19.9 Å². The van der Waals surface area contributed by atoms with E-state index in [0.29, 0.717) is 17.8 Å². The van der Waals surface area contributed by atoms with Gasteiger partial charge in [-0.05, 0) is 61.7 Å². The molecule has 0 N–H and O–H groups in total. The van der Waals surface area contributed by atoms with Crippen molar-refractivity contribution in [1.29, 1.82) is 0 Å². The molecular formula is C25H34O6. The Balaban J connectivity index is 1.37. The first-order valence-electron chi connectivity index (χ1n) is 11.8. The molecule has 4 fully saturated rings. The molecule has 6 heteroatoms. The number of rotatable bonds is 4. The van der Waals surface area contributed by atoms with E-state index in [-0.39, 0.29) is 41.4 Å². The van der Waals surface area contributed by atoms with Crippen molar-refractivity contribution in [2.24, 2.45) is 28.6 Å². The number of ketones is 1. The molecule has 3 saturated carbocycles. The van der Waals surface area contributed by atoms with Crippen molar-refractivity contribution in [1.82, 2.24) is 0 Å². The minimum Gasteiger partial charge on any atom is -0.462 e.